The Kier molecular flexibility index (Phi) is 5.26. The van der Waals surface area contributed by atoms with E-state index in [4.69, 9.17) is 4.74 Å². The molecule has 0 radical (unpaired) electrons. The Morgan fingerprint density at radius 3 is 2.52 bits per heavy atom. The second-order valence-corrected chi connectivity index (χ2v) is 7.24. The normalized spacial score (nSPS) is 14.1. The summed E-state index contributed by atoms with van der Waals surface area (Å²) >= 11 is 0. The molecule has 1 aromatic carbocycles. The van der Waals surface area contributed by atoms with Crippen LogP contribution >= 0.6 is 0 Å². The maximum atomic E-state index is 12.8. The first-order valence-electron chi connectivity index (χ1n) is 9.31. The summed E-state index contributed by atoms with van der Waals surface area (Å²) in [6.45, 7) is 8.84. The Hall–Kier alpha value is -2.76. The average Bonchev–Trinajstić information content (AvgIpc) is 3.17. The van der Waals surface area contributed by atoms with Gasteiger partial charge >= 0.3 is 0 Å². The van der Waals surface area contributed by atoms with Crippen LogP contribution in [0.2, 0.25) is 0 Å². The van der Waals surface area contributed by atoms with Crippen LogP contribution in [0.25, 0.3) is 0 Å². The molecule has 1 aromatic heterocycles. The molecule has 0 spiro atoms. The Morgan fingerprint density at radius 1 is 1.22 bits per heavy atom. The van der Waals surface area contributed by atoms with Gasteiger partial charge in [-0.05, 0) is 58.4 Å². The molecule has 0 unspecified atom stereocenters. The van der Waals surface area contributed by atoms with Gasteiger partial charge in [0.2, 0.25) is 5.91 Å². The summed E-state index contributed by atoms with van der Waals surface area (Å²) in [7, 11) is 1.58. The van der Waals surface area contributed by atoms with Gasteiger partial charge in [0.05, 0.1) is 18.4 Å². The minimum absolute atomic E-state index is 0.0808. The number of nitrogens with one attached hydrogen (secondary N) is 1. The Balaban J connectivity index is 1.89. The minimum atomic E-state index is -0.154. The number of carbonyl (C=O) groups is 2. The van der Waals surface area contributed by atoms with E-state index >= 15 is 0 Å². The Labute approximate surface area is 160 Å². The first-order chi connectivity index (χ1) is 12.8. The number of aromatic nitrogens is 1. The zero-order chi connectivity index (χ0) is 19.7. The lowest BCUT2D eigenvalue weighted by atomic mass is 10.2. The second-order valence-electron chi connectivity index (χ2n) is 7.24. The van der Waals surface area contributed by atoms with Gasteiger partial charge in [0.15, 0.2) is 0 Å². The molecular weight excluding hydrogens is 342 g/mol. The number of nitrogens with zero attached hydrogens (tertiary/aromatic N) is 2. The lowest BCUT2D eigenvalue weighted by Crippen LogP contribution is -2.24. The zero-order valence-corrected chi connectivity index (χ0v) is 16.6. The van der Waals surface area contributed by atoms with E-state index in [2.05, 4.69) is 23.7 Å². The summed E-state index contributed by atoms with van der Waals surface area (Å²) in [6, 6.07) is 7.59. The van der Waals surface area contributed by atoms with E-state index in [-0.39, 0.29) is 11.8 Å². The van der Waals surface area contributed by atoms with Gasteiger partial charge in [-0.3, -0.25) is 9.59 Å². The molecule has 0 saturated carbocycles. The highest BCUT2D eigenvalue weighted by molar-refractivity contribution is 6.06. The van der Waals surface area contributed by atoms with Crippen LogP contribution in [0, 0.1) is 13.8 Å². The maximum Gasteiger partial charge on any atom is 0.257 e. The summed E-state index contributed by atoms with van der Waals surface area (Å²) in [5.41, 5.74) is 4.01. The summed E-state index contributed by atoms with van der Waals surface area (Å²) in [6.07, 6.45) is 1.38. The van der Waals surface area contributed by atoms with E-state index in [9.17, 15) is 9.59 Å². The molecule has 1 aliphatic heterocycles. The van der Waals surface area contributed by atoms with Crippen molar-refractivity contribution >= 4 is 23.2 Å². The Bertz CT molecular complexity index is 883. The third-order valence-corrected chi connectivity index (χ3v) is 5.05. The van der Waals surface area contributed by atoms with E-state index in [1.165, 1.54) is 0 Å². The molecule has 27 heavy (non-hydrogen) atoms. The summed E-state index contributed by atoms with van der Waals surface area (Å²) < 4.78 is 7.56. The largest absolute Gasteiger partial charge is 0.495 e. The van der Waals surface area contributed by atoms with Crippen molar-refractivity contribution in [3.8, 4) is 5.75 Å². The van der Waals surface area contributed by atoms with Crippen LogP contribution < -0.4 is 15.0 Å². The Morgan fingerprint density at radius 2 is 1.96 bits per heavy atom. The molecule has 2 amide bonds. The highest BCUT2D eigenvalue weighted by Gasteiger charge is 2.25. The molecule has 3 rings (SSSR count). The quantitative estimate of drug-likeness (QED) is 0.864. The van der Waals surface area contributed by atoms with Crippen molar-refractivity contribution in [2.24, 2.45) is 0 Å². The molecule has 6 nitrogen and oxygen atoms in total. The number of benzene rings is 1. The van der Waals surface area contributed by atoms with Gasteiger partial charge in [0, 0.05) is 36.1 Å². The number of carbonyl (C=O) groups excluding carboxylic acids is 2. The highest BCUT2D eigenvalue weighted by Crippen LogP contribution is 2.34. The van der Waals surface area contributed by atoms with Gasteiger partial charge in [0.25, 0.3) is 5.91 Å². The fourth-order valence-electron chi connectivity index (χ4n) is 3.88. The van der Waals surface area contributed by atoms with Crippen LogP contribution in [-0.4, -0.2) is 30.0 Å². The number of methoxy groups -OCH3 is 1. The van der Waals surface area contributed by atoms with Crippen LogP contribution in [-0.2, 0) is 4.79 Å². The van der Waals surface area contributed by atoms with E-state index in [1.54, 1.807) is 24.1 Å². The molecule has 6 heteroatoms. The number of anilines is 2. The van der Waals surface area contributed by atoms with E-state index in [0.29, 0.717) is 41.7 Å². The number of hydrogen-bond acceptors (Lipinski definition) is 3. The summed E-state index contributed by atoms with van der Waals surface area (Å²) in [4.78, 5) is 26.7. The molecule has 1 aliphatic rings. The molecule has 2 aromatic rings. The highest BCUT2D eigenvalue weighted by atomic mass is 16.5. The van der Waals surface area contributed by atoms with Crippen molar-refractivity contribution in [2.75, 3.05) is 23.9 Å². The molecule has 1 N–H and O–H groups in total. The monoisotopic (exact) mass is 369 g/mol. The molecule has 1 saturated heterocycles. The molecule has 0 atom stereocenters. The van der Waals surface area contributed by atoms with Crippen LogP contribution in [0.4, 0.5) is 11.4 Å². The van der Waals surface area contributed by atoms with Crippen molar-refractivity contribution < 1.29 is 14.3 Å². The number of amides is 2. The zero-order valence-electron chi connectivity index (χ0n) is 16.6. The summed E-state index contributed by atoms with van der Waals surface area (Å²) in [5, 5.41) is 2.96. The molecule has 144 valence electrons. The van der Waals surface area contributed by atoms with E-state index in [1.807, 2.05) is 26.0 Å². The van der Waals surface area contributed by atoms with Gasteiger partial charge in [-0.1, -0.05) is 0 Å². The van der Waals surface area contributed by atoms with E-state index in [0.717, 1.165) is 17.8 Å². The third-order valence-electron chi connectivity index (χ3n) is 5.05. The molecule has 0 aliphatic carbocycles. The number of ether oxygens (including phenoxy) is 1. The van der Waals surface area contributed by atoms with Crippen molar-refractivity contribution in [1.29, 1.82) is 0 Å². The van der Waals surface area contributed by atoms with Crippen molar-refractivity contribution in [3.05, 3.63) is 41.2 Å². The maximum absolute atomic E-state index is 12.8. The van der Waals surface area contributed by atoms with Crippen LogP contribution in [0.3, 0.4) is 0 Å². The topological polar surface area (TPSA) is 63.6 Å². The van der Waals surface area contributed by atoms with Gasteiger partial charge in [-0.2, -0.15) is 0 Å². The number of aryl methyl sites for hydroxylation is 1. The van der Waals surface area contributed by atoms with Crippen LogP contribution in [0.15, 0.2) is 24.3 Å². The standard InChI is InChI=1S/C21H27N3O3/c1-13(2)24-14(3)11-17(15(24)4)21(26)22-16-8-9-19(27-5)18(12-16)23-10-6-7-20(23)25/h8-9,11-13H,6-7,10H2,1-5H3,(H,22,26). The molecular formula is C21H27N3O3. The van der Waals surface area contributed by atoms with E-state index < -0.39 is 0 Å². The van der Waals surface area contributed by atoms with Gasteiger partial charge in [-0.25, -0.2) is 0 Å². The summed E-state index contributed by atoms with van der Waals surface area (Å²) in [5.74, 6) is 0.553. The second kappa shape index (κ2) is 7.47. The first kappa shape index (κ1) is 19.0. The first-order valence-corrected chi connectivity index (χ1v) is 9.31. The lowest BCUT2D eigenvalue weighted by Gasteiger charge is -2.20. The van der Waals surface area contributed by atoms with Crippen LogP contribution in [0.1, 0.15) is 54.5 Å². The SMILES string of the molecule is COc1ccc(NC(=O)c2cc(C)n(C(C)C)c2C)cc1N1CCCC1=O. The molecule has 1 fully saturated rings. The smallest absolute Gasteiger partial charge is 0.257 e. The molecule has 2 heterocycles. The predicted molar refractivity (Wildman–Crippen MR) is 107 cm³/mol. The predicted octanol–water partition coefficient (Wildman–Crippen LogP) is 4.07. The van der Waals surface area contributed by atoms with Crippen molar-refractivity contribution in [3.63, 3.8) is 0 Å². The van der Waals surface area contributed by atoms with Crippen LogP contribution in [0.5, 0.6) is 5.75 Å². The fraction of sp³-hybridized carbons (Fsp3) is 0.429. The van der Waals surface area contributed by atoms with Crippen molar-refractivity contribution in [2.45, 2.75) is 46.6 Å². The average molecular weight is 369 g/mol. The van der Waals surface area contributed by atoms with Gasteiger partial charge in [0.1, 0.15) is 5.75 Å². The lowest BCUT2D eigenvalue weighted by molar-refractivity contribution is -0.117. The molecule has 0 bridgehead atoms. The minimum Gasteiger partial charge on any atom is -0.495 e. The van der Waals surface area contributed by atoms with Crippen molar-refractivity contribution in [1.82, 2.24) is 4.57 Å². The fourth-order valence-corrected chi connectivity index (χ4v) is 3.88. The van der Waals surface area contributed by atoms with Gasteiger partial charge < -0.3 is 19.5 Å². The third kappa shape index (κ3) is 3.56. The number of rotatable bonds is 5. The van der Waals surface area contributed by atoms with Gasteiger partial charge in [-0.15, -0.1) is 0 Å². The number of hydrogen-bond donors (Lipinski definition) is 1.